The van der Waals surface area contributed by atoms with Crippen LogP contribution in [0.1, 0.15) is 23.1 Å². The highest BCUT2D eigenvalue weighted by atomic mass is 19.1. The van der Waals surface area contributed by atoms with Gasteiger partial charge in [-0.2, -0.15) is 0 Å². The summed E-state index contributed by atoms with van der Waals surface area (Å²) in [6.07, 6.45) is 3.55. The van der Waals surface area contributed by atoms with Gasteiger partial charge in [-0.05, 0) is 67.1 Å². The fourth-order valence-electron chi connectivity index (χ4n) is 2.61. The van der Waals surface area contributed by atoms with Crippen molar-refractivity contribution in [2.75, 3.05) is 11.1 Å². The van der Waals surface area contributed by atoms with E-state index in [1.54, 1.807) is 13.0 Å². The summed E-state index contributed by atoms with van der Waals surface area (Å²) in [6.45, 7) is 1.74. The Balaban J connectivity index is 1.91. The molecule has 98 valence electrons. The normalized spacial score (nSPS) is 13.4. The van der Waals surface area contributed by atoms with Crippen LogP contribution in [-0.2, 0) is 12.8 Å². The average molecular weight is 256 g/mol. The molecule has 0 heterocycles. The summed E-state index contributed by atoms with van der Waals surface area (Å²) in [7, 11) is 0. The van der Waals surface area contributed by atoms with E-state index in [2.05, 4.69) is 23.5 Å². The van der Waals surface area contributed by atoms with Gasteiger partial charge in [0.1, 0.15) is 5.82 Å². The van der Waals surface area contributed by atoms with Crippen LogP contribution in [0.5, 0.6) is 0 Å². The van der Waals surface area contributed by atoms with Crippen LogP contribution in [-0.4, -0.2) is 0 Å². The minimum Gasteiger partial charge on any atom is -0.397 e. The number of hydrogen-bond donors (Lipinski definition) is 2. The molecule has 0 unspecified atom stereocenters. The van der Waals surface area contributed by atoms with Gasteiger partial charge in [-0.15, -0.1) is 0 Å². The van der Waals surface area contributed by atoms with Crippen molar-refractivity contribution >= 4 is 17.1 Å². The van der Waals surface area contributed by atoms with Crippen molar-refractivity contribution < 1.29 is 4.39 Å². The van der Waals surface area contributed by atoms with Gasteiger partial charge in [0.25, 0.3) is 0 Å². The first-order chi connectivity index (χ1) is 9.13. The Morgan fingerprint density at radius 1 is 1.11 bits per heavy atom. The highest BCUT2D eigenvalue weighted by molar-refractivity contribution is 5.73. The van der Waals surface area contributed by atoms with Gasteiger partial charge in [-0.25, -0.2) is 4.39 Å². The molecule has 3 rings (SSSR count). The molecule has 1 aliphatic carbocycles. The van der Waals surface area contributed by atoms with Crippen LogP contribution in [0.4, 0.5) is 21.5 Å². The minimum absolute atomic E-state index is 0.267. The maximum atomic E-state index is 13.4. The van der Waals surface area contributed by atoms with Crippen LogP contribution in [0.2, 0.25) is 0 Å². The van der Waals surface area contributed by atoms with Crippen LogP contribution in [0.25, 0.3) is 0 Å². The first kappa shape index (κ1) is 12.0. The Kier molecular flexibility index (Phi) is 2.90. The van der Waals surface area contributed by atoms with Crippen LogP contribution < -0.4 is 11.1 Å². The Bertz CT molecular complexity index is 635. The van der Waals surface area contributed by atoms with E-state index in [0.717, 1.165) is 17.8 Å². The van der Waals surface area contributed by atoms with Crippen molar-refractivity contribution in [2.24, 2.45) is 0 Å². The number of hydrogen-bond acceptors (Lipinski definition) is 2. The van der Waals surface area contributed by atoms with Crippen LogP contribution >= 0.6 is 0 Å². The zero-order valence-electron chi connectivity index (χ0n) is 11.0. The maximum absolute atomic E-state index is 13.4. The van der Waals surface area contributed by atoms with Gasteiger partial charge < -0.3 is 11.1 Å². The van der Waals surface area contributed by atoms with E-state index >= 15 is 0 Å². The second-order valence-corrected chi connectivity index (χ2v) is 5.15. The standard InChI is InChI=1S/C16H17FN2/c1-10-7-16(15(18)9-14(10)17)19-13-6-5-11-3-2-4-12(11)8-13/h5-9,19H,2-4,18H2,1H3. The van der Waals surface area contributed by atoms with Gasteiger partial charge in [0.05, 0.1) is 11.4 Å². The number of nitrogen functional groups attached to an aromatic ring is 1. The van der Waals surface area contributed by atoms with E-state index in [4.69, 9.17) is 5.73 Å². The van der Waals surface area contributed by atoms with Crippen LogP contribution in [0.15, 0.2) is 30.3 Å². The Labute approximate surface area is 112 Å². The molecule has 2 aromatic rings. The third-order valence-corrected chi connectivity index (χ3v) is 3.71. The lowest BCUT2D eigenvalue weighted by Gasteiger charge is -2.12. The maximum Gasteiger partial charge on any atom is 0.128 e. The third kappa shape index (κ3) is 2.28. The molecule has 1 aliphatic rings. The number of benzene rings is 2. The number of anilines is 3. The Morgan fingerprint density at radius 2 is 1.89 bits per heavy atom. The second-order valence-electron chi connectivity index (χ2n) is 5.15. The number of aryl methyl sites for hydroxylation is 3. The smallest absolute Gasteiger partial charge is 0.128 e. The zero-order chi connectivity index (χ0) is 13.4. The van der Waals surface area contributed by atoms with E-state index in [1.807, 2.05) is 0 Å². The second kappa shape index (κ2) is 4.57. The molecule has 0 atom stereocenters. The monoisotopic (exact) mass is 256 g/mol. The minimum atomic E-state index is -0.267. The molecule has 0 aromatic heterocycles. The first-order valence-corrected chi connectivity index (χ1v) is 6.58. The highest BCUT2D eigenvalue weighted by Crippen LogP contribution is 2.29. The van der Waals surface area contributed by atoms with Gasteiger partial charge in [-0.3, -0.25) is 0 Å². The molecule has 19 heavy (non-hydrogen) atoms. The Hall–Kier alpha value is -2.03. The zero-order valence-corrected chi connectivity index (χ0v) is 11.0. The van der Waals surface area contributed by atoms with Crippen LogP contribution in [0.3, 0.4) is 0 Å². The summed E-state index contributed by atoms with van der Waals surface area (Å²) in [5, 5.41) is 3.28. The molecule has 0 radical (unpaired) electrons. The van der Waals surface area contributed by atoms with E-state index in [1.165, 1.54) is 30.0 Å². The third-order valence-electron chi connectivity index (χ3n) is 3.71. The van der Waals surface area contributed by atoms with Crippen molar-refractivity contribution in [3.05, 3.63) is 52.8 Å². The van der Waals surface area contributed by atoms with E-state index < -0.39 is 0 Å². The molecule has 0 aliphatic heterocycles. The van der Waals surface area contributed by atoms with E-state index in [0.29, 0.717) is 11.3 Å². The number of fused-ring (bicyclic) bond motifs is 1. The number of halogens is 1. The summed E-state index contributed by atoms with van der Waals surface area (Å²) >= 11 is 0. The lowest BCUT2D eigenvalue weighted by atomic mass is 10.1. The summed E-state index contributed by atoms with van der Waals surface area (Å²) in [6, 6.07) is 9.50. The SMILES string of the molecule is Cc1cc(Nc2ccc3c(c2)CCC3)c(N)cc1F. The predicted octanol–water partition coefficient (Wildman–Crippen LogP) is 3.95. The number of rotatable bonds is 2. The fourth-order valence-corrected chi connectivity index (χ4v) is 2.61. The summed E-state index contributed by atoms with van der Waals surface area (Å²) in [5.41, 5.74) is 11.5. The summed E-state index contributed by atoms with van der Waals surface area (Å²) in [4.78, 5) is 0. The number of nitrogens with one attached hydrogen (secondary N) is 1. The summed E-state index contributed by atoms with van der Waals surface area (Å²) < 4.78 is 13.4. The van der Waals surface area contributed by atoms with Crippen LogP contribution in [0, 0.1) is 12.7 Å². The first-order valence-electron chi connectivity index (χ1n) is 6.58. The topological polar surface area (TPSA) is 38.0 Å². The van der Waals surface area contributed by atoms with Crippen molar-refractivity contribution in [3.63, 3.8) is 0 Å². The molecule has 2 aromatic carbocycles. The molecule has 3 N–H and O–H groups in total. The van der Waals surface area contributed by atoms with Gasteiger partial charge >= 0.3 is 0 Å². The van der Waals surface area contributed by atoms with Crippen molar-refractivity contribution in [1.82, 2.24) is 0 Å². The highest BCUT2D eigenvalue weighted by Gasteiger charge is 2.11. The molecule has 2 nitrogen and oxygen atoms in total. The van der Waals surface area contributed by atoms with E-state index in [-0.39, 0.29) is 5.82 Å². The lowest BCUT2D eigenvalue weighted by Crippen LogP contribution is -1.99. The predicted molar refractivity (Wildman–Crippen MR) is 77.3 cm³/mol. The molecular weight excluding hydrogens is 239 g/mol. The van der Waals surface area contributed by atoms with Gasteiger partial charge in [0.2, 0.25) is 0 Å². The molecule has 0 saturated carbocycles. The molecule has 3 heteroatoms. The van der Waals surface area contributed by atoms with Crippen molar-refractivity contribution in [3.8, 4) is 0 Å². The fraction of sp³-hybridized carbons (Fsp3) is 0.250. The summed E-state index contributed by atoms with van der Waals surface area (Å²) in [5.74, 6) is -0.267. The van der Waals surface area contributed by atoms with Gasteiger partial charge in [0, 0.05) is 5.69 Å². The quantitative estimate of drug-likeness (QED) is 0.798. The average Bonchev–Trinajstić information content (AvgIpc) is 2.83. The number of nitrogens with two attached hydrogens (primary N) is 1. The Morgan fingerprint density at radius 3 is 2.74 bits per heavy atom. The largest absolute Gasteiger partial charge is 0.397 e. The van der Waals surface area contributed by atoms with E-state index in [9.17, 15) is 4.39 Å². The lowest BCUT2D eigenvalue weighted by molar-refractivity contribution is 0.619. The molecule has 0 fully saturated rings. The molecule has 0 bridgehead atoms. The molecule has 0 amide bonds. The molecule has 0 spiro atoms. The van der Waals surface area contributed by atoms with Gasteiger partial charge in [0.15, 0.2) is 0 Å². The van der Waals surface area contributed by atoms with Crippen molar-refractivity contribution in [1.29, 1.82) is 0 Å². The van der Waals surface area contributed by atoms with Gasteiger partial charge in [-0.1, -0.05) is 6.07 Å². The molecule has 0 saturated heterocycles. The van der Waals surface area contributed by atoms with Crippen molar-refractivity contribution in [2.45, 2.75) is 26.2 Å². The molecular formula is C16H17FN2.